The normalized spacial score (nSPS) is 20.1. The van der Waals surface area contributed by atoms with E-state index in [2.05, 4.69) is 11.9 Å². The van der Waals surface area contributed by atoms with E-state index < -0.39 is 11.4 Å². The third-order valence-electron chi connectivity index (χ3n) is 2.16. The molecule has 0 radical (unpaired) electrons. The largest absolute Gasteiger partial charge is 0.380 e. The lowest BCUT2D eigenvalue weighted by Gasteiger charge is -2.25. The Kier molecular flexibility index (Phi) is 2.90. The van der Waals surface area contributed by atoms with Gasteiger partial charge in [-0.3, -0.25) is 4.79 Å². The van der Waals surface area contributed by atoms with Crippen molar-refractivity contribution < 1.29 is 14.7 Å². The minimum absolute atomic E-state index is 0.00366. The van der Waals surface area contributed by atoms with E-state index in [4.69, 9.17) is 0 Å². The molecule has 0 spiro atoms. The van der Waals surface area contributed by atoms with E-state index in [0.29, 0.717) is 13.1 Å². The van der Waals surface area contributed by atoms with E-state index in [1.165, 1.54) is 11.8 Å². The van der Waals surface area contributed by atoms with Crippen LogP contribution in [0.2, 0.25) is 0 Å². The van der Waals surface area contributed by atoms with Crippen molar-refractivity contribution in [3.63, 3.8) is 0 Å². The van der Waals surface area contributed by atoms with Crippen molar-refractivity contribution >= 4 is 11.8 Å². The van der Waals surface area contributed by atoms with Crippen LogP contribution >= 0.6 is 0 Å². The molecule has 1 aliphatic rings. The van der Waals surface area contributed by atoms with Gasteiger partial charge in [-0.1, -0.05) is 6.58 Å². The molecule has 0 aromatic heterocycles. The molecule has 2 N–H and O–H groups in total. The fourth-order valence-corrected chi connectivity index (χ4v) is 1.33. The first-order chi connectivity index (χ1) is 6.47. The Hall–Kier alpha value is -1.36. The number of rotatable bonds is 4. The lowest BCUT2D eigenvalue weighted by molar-refractivity contribution is -0.131. The molecule has 1 aliphatic heterocycles. The number of β-amino-alcohol motifs (C(OH)–C–C–N with tert-alkyl or cyclic N) is 1. The highest BCUT2D eigenvalue weighted by molar-refractivity contribution is 5.96. The summed E-state index contributed by atoms with van der Waals surface area (Å²) in [5.41, 5.74) is -1.54. The Labute approximate surface area is 82.4 Å². The number of carbonyl (C=O) groups is 2. The monoisotopic (exact) mass is 198 g/mol. The van der Waals surface area contributed by atoms with E-state index in [1.807, 2.05) is 0 Å². The summed E-state index contributed by atoms with van der Waals surface area (Å²) in [4.78, 5) is 23.7. The summed E-state index contributed by atoms with van der Waals surface area (Å²) < 4.78 is 0. The molecule has 5 heteroatoms. The zero-order valence-electron chi connectivity index (χ0n) is 8.12. The molecule has 2 amide bonds. The molecule has 1 rings (SSSR count). The molecule has 0 aliphatic carbocycles. The van der Waals surface area contributed by atoms with Crippen LogP contribution in [-0.4, -0.2) is 47.1 Å². The molecular weight excluding hydrogens is 184 g/mol. The molecule has 1 atom stereocenters. The topological polar surface area (TPSA) is 69.6 Å². The summed E-state index contributed by atoms with van der Waals surface area (Å²) in [6.45, 7) is 5.74. The van der Waals surface area contributed by atoms with Crippen molar-refractivity contribution in [3.8, 4) is 0 Å². The highest BCUT2D eigenvalue weighted by Gasteiger charge is 2.33. The van der Waals surface area contributed by atoms with Gasteiger partial charge in [0, 0.05) is 13.1 Å². The van der Waals surface area contributed by atoms with Crippen LogP contribution in [0.4, 0.5) is 4.79 Å². The van der Waals surface area contributed by atoms with Gasteiger partial charge in [0.05, 0.1) is 6.54 Å². The SMILES string of the molecule is C=CC(=O)C(C)(O)CN1CCNC1=O. The van der Waals surface area contributed by atoms with Gasteiger partial charge >= 0.3 is 6.03 Å². The van der Waals surface area contributed by atoms with Gasteiger partial charge in [-0.25, -0.2) is 4.79 Å². The number of hydrogen-bond donors (Lipinski definition) is 2. The molecule has 14 heavy (non-hydrogen) atoms. The fourth-order valence-electron chi connectivity index (χ4n) is 1.33. The molecular formula is C9H14N2O3. The Bertz CT molecular complexity index is 273. The molecule has 5 nitrogen and oxygen atoms in total. The minimum atomic E-state index is -1.54. The molecule has 0 aromatic rings. The number of hydrogen-bond acceptors (Lipinski definition) is 3. The second-order valence-electron chi connectivity index (χ2n) is 3.50. The molecule has 1 heterocycles. The first-order valence-corrected chi connectivity index (χ1v) is 4.39. The van der Waals surface area contributed by atoms with Gasteiger partial charge < -0.3 is 15.3 Å². The van der Waals surface area contributed by atoms with Crippen molar-refractivity contribution in [3.05, 3.63) is 12.7 Å². The van der Waals surface area contributed by atoms with Gasteiger partial charge in [0.15, 0.2) is 5.78 Å². The molecule has 78 valence electrons. The third kappa shape index (κ3) is 2.11. The van der Waals surface area contributed by atoms with Crippen LogP contribution in [0.25, 0.3) is 0 Å². The summed E-state index contributed by atoms with van der Waals surface area (Å²) in [5, 5.41) is 12.3. The van der Waals surface area contributed by atoms with Crippen LogP contribution < -0.4 is 5.32 Å². The summed E-state index contributed by atoms with van der Waals surface area (Å²) in [5.74, 6) is -0.475. The summed E-state index contributed by atoms with van der Waals surface area (Å²) in [6, 6.07) is -0.248. The van der Waals surface area contributed by atoms with Crippen molar-refractivity contribution in [2.24, 2.45) is 0 Å². The Balaban J connectivity index is 2.62. The van der Waals surface area contributed by atoms with E-state index in [0.717, 1.165) is 6.08 Å². The zero-order valence-corrected chi connectivity index (χ0v) is 8.12. The summed E-state index contributed by atoms with van der Waals surface area (Å²) >= 11 is 0. The second kappa shape index (κ2) is 3.79. The Morgan fingerprint density at radius 2 is 2.50 bits per heavy atom. The standard InChI is InChI=1S/C9H14N2O3/c1-3-7(12)9(2,14)6-11-5-4-10-8(11)13/h3,14H,1,4-6H2,2H3,(H,10,13). The van der Waals surface area contributed by atoms with Crippen molar-refractivity contribution in [2.75, 3.05) is 19.6 Å². The van der Waals surface area contributed by atoms with Crippen LogP contribution in [0.3, 0.4) is 0 Å². The number of amides is 2. The predicted molar refractivity (Wildman–Crippen MR) is 50.8 cm³/mol. The maximum absolute atomic E-state index is 11.2. The molecule has 0 aromatic carbocycles. The number of carbonyl (C=O) groups excluding carboxylic acids is 2. The van der Waals surface area contributed by atoms with Gasteiger partial charge in [0.1, 0.15) is 5.60 Å². The summed E-state index contributed by atoms with van der Waals surface area (Å²) in [7, 11) is 0. The van der Waals surface area contributed by atoms with Crippen molar-refractivity contribution in [2.45, 2.75) is 12.5 Å². The van der Waals surface area contributed by atoms with Crippen LogP contribution in [0.15, 0.2) is 12.7 Å². The predicted octanol–water partition coefficient (Wildman–Crippen LogP) is -0.482. The second-order valence-corrected chi connectivity index (χ2v) is 3.50. The molecule has 0 saturated carbocycles. The average molecular weight is 198 g/mol. The van der Waals surface area contributed by atoms with Gasteiger partial charge in [-0.2, -0.15) is 0 Å². The highest BCUT2D eigenvalue weighted by Crippen LogP contribution is 2.10. The first-order valence-electron chi connectivity index (χ1n) is 4.39. The van der Waals surface area contributed by atoms with E-state index in [-0.39, 0.29) is 12.6 Å². The van der Waals surface area contributed by atoms with Crippen molar-refractivity contribution in [1.82, 2.24) is 10.2 Å². The lowest BCUT2D eigenvalue weighted by Crippen LogP contribution is -2.47. The van der Waals surface area contributed by atoms with Gasteiger partial charge in [-0.15, -0.1) is 0 Å². The molecule has 0 bridgehead atoms. The Morgan fingerprint density at radius 3 is 2.93 bits per heavy atom. The minimum Gasteiger partial charge on any atom is -0.380 e. The van der Waals surface area contributed by atoms with Crippen LogP contribution in [0, 0.1) is 0 Å². The highest BCUT2D eigenvalue weighted by atomic mass is 16.3. The number of urea groups is 1. The summed E-state index contributed by atoms with van der Waals surface area (Å²) in [6.07, 6.45) is 1.06. The van der Waals surface area contributed by atoms with Crippen LogP contribution in [0.1, 0.15) is 6.92 Å². The molecule has 1 unspecified atom stereocenters. The van der Waals surface area contributed by atoms with Crippen LogP contribution in [0.5, 0.6) is 0 Å². The number of nitrogens with one attached hydrogen (secondary N) is 1. The Morgan fingerprint density at radius 1 is 1.86 bits per heavy atom. The first kappa shape index (κ1) is 10.7. The van der Waals surface area contributed by atoms with Gasteiger partial charge in [0.2, 0.25) is 0 Å². The van der Waals surface area contributed by atoms with E-state index >= 15 is 0 Å². The van der Waals surface area contributed by atoms with Gasteiger partial charge in [0.25, 0.3) is 0 Å². The van der Waals surface area contributed by atoms with Crippen LogP contribution in [-0.2, 0) is 4.79 Å². The number of nitrogens with zero attached hydrogens (tertiary/aromatic N) is 1. The quantitative estimate of drug-likeness (QED) is 0.599. The van der Waals surface area contributed by atoms with Crippen molar-refractivity contribution in [1.29, 1.82) is 0 Å². The maximum atomic E-state index is 11.2. The smallest absolute Gasteiger partial charge is 0.317 e. The fraction of sp³-hybridized carbons (Fsp3) is 0.556. The van der Waals surface area contributed by atoms with E-state index in [9.17, 15) is 14.7 Å². The molecule has 1 fully saturated rings. The molecule has 1 saturated heterocycles. The lowest BCUT2D eigenvalue weighted by atomic mass is 10.0. The average Bonchev–Trinajstić information content (AvgIpc) is 2.50. The third-order valence-corrected chi connectivity index (χ3v) is 2.16. The van der Waals surface area contributed by atoms with E-state index in [1.54, 1.807) is 0 Å². The maximum Gasteiger partial charge on any atom is 0.317 e. The van der Waals surface area contributed by atoms with Gasteiger partial charge in [-0.05, 0) is 13.0 Å². The number of ketones is 1. The number of aliphatic hydroxyl groups is 1. The zero-order chi connectivity index (χ0) is 10.8.